The maximum atomic E-state index is 12.6. The number of carbonyl (C=O) groups is 1. The van der Waals surface area contributed by atoms with Crippen LogP contribution in [0, 0.1) is 5.92 Å². The van der Waals surface area contributed by atoms with E-state index in [0.29, 0.717) is 0 Å². The van der Waals surface area contributed by atoms with Crippen LogP contribution in [0.4, 0.5) is 5.95 Å². The lowest BCUT2D eigenvalue weighted by atomic mass is 10.2. The van der Waals surface area contributed by atoms with E-state index in [-0.39, 0.29) is 17.7 Å². The molecule has 1 aliphatic heterocycles. The summed E-state index contributed by atoms with van der Waals surface area (Å²) in [7, 11) is 2.00. The van der Waals surface area contributed by atoms with Gasteiger partial charge in [0.2, 0.25) is 11.9 Å². The zero-order valence-corrected chi connectivity index (χ0v) is 12.7. The Labute approximate surface area is 129 Å². The Bertz CT molecular complexity index is 656. The zero-order chi connectivity index (χ0) is 15.1. The van der Waals surface area contributed by atoms with Crippen LogP contribution in [0.3, 0.4) is 0 Å². The van der Waals surface area contributed by atoms with Gasteiger partial charge in [0, 0.05) is 57.5 Å². The van der Waals surface area contributed by atoms with Crippen LogP contribution < -0.4 is 4.90 Å². The molecule has 0 bridgehead atoms. The Balaban J connectivity index is 1.34. The van der Waals surface area contributed by atoms with Crippen molar-refractivity contribution in [3.63, 3.8) is 0 Å². The van der Waals surface area contributed by atoms with Gasteiger partial charge >= 0.3 is 0 Å². The van der Waals surface area contributed by atoms with Crippen molar-refractivity contribution in [3.05, 3.63) is 36.5 Å². The molecule has 3 heterocycles. The van der Waals surface area contributed by atoms with E-state index in [9.17, 15) is 4.79 Å². The van der Waals surface area contributed by atoms with Crippen LogP contribution in [0.1, 0.15) is 18.1 Å². The summed E-state index contributed by atoms with van der Waals surface area (Å²) in [5.74, 6) is 2.61. The van der Waals surface area contributed by atoms with E-state index in [2.05, 4.69) is 9.88 Å². The fourth-order valence-corrected chi connectivity index (χ4v) is 3.31. The third-order valence-corrected chi connectivity index (χ3v) is 4.69. The molecule has 2 aliphatic rings. The molecule has 2 fully saturated rings. The molecule has 1 saturated carbocycles. The van der Waals surface area contributed by atoms with Crippen molar-refractivity contribution in [2.45, 2.75) is 12.3 Å². The maximum Gasteiger partial charge on any atom is 0.226 e. The second-order valence-electron chi connectivity index (χ2n) is 6.11. The van der Waals surface area contributed by atoms with Crippen LogP contribution >= 0.6 is 0 Å². The van der Waals surface area contributed by atoms with Gasteiger partial charge in [0.25, 0.3) is 0 Å². The molecule has 22 heavy (non-hydrogen) atoms. The zero-order valence-electron chi connectivity index (χ0n) is 12.7. The highest BCUT2D eigenvalue weighted by molar-refractivity contribution is 5.83. The molecule has 2 aromatic heterocycles. The summed E-state index contributed by atoms with van der Waals surface area (Å²) in [5.41, 5.74) is 0. The number of carbonyl (C=O) groups excluding carboxylic acids is 1. The molecular weight excluding hydrogens is 280 g/mol. The summed E-state index contributed by atoms with van der Waals surface area (Å²) in [6.45, 7) is 3.23. The highest BCUT2D eigenvalue weighted by Gasteiger charge is 2.47. The Morgan fingerprint density at radius 2 is 2.14 bits per heavy atom. The van der Waals surface area contributed by atoms with E-state index >= 15 is 0 Å². The van der Waals surface area contributed by atoms with E-state index < -0.39 is 0 Å². The molecule has 0 N–H and O–H groups in total. The molecule has 0 aromatic carbocycles. The van der Waals surface area contributed by atoms with Crippen molar-refractivity contribution >= 4 is 11.9 Å². The van der Waals surface area contributed by atoms with Gasteiger partial charge in [-0.1, -0.05) is 0 Å². The van der Waals surface area contributed by atoms with Crippen molar-refractivity contribution < 1.29 is 9.21 Å². The van der Waals surface area contributed by atoms with Gasteiger partial charge in [0.1, 0.15) is 5.76 Å². The molecule has 0 unspecified atom stereocenters. The summed E-state index contributed by atoms with van der Waals surface area (Å²) in [6.07, 6.45) is 6.36. The molecule has 1 aliphatic carbocycles. The minimum absolute atomic E-state index is 0.117. The SMILES string of the molecule is Cn1ccnc1N1CCN(C(=O)[C@H]2C[C@@H]2c2ccco2)CC1. The van der Waals surface area contributed by atoms with Crippen LogP contribution in [-0.2, 0) is 11.8 Å². The first-order valence-electron chi connectivity index (χ1n) is 7.78. The van der Waals surface area contributed by atoms with E-state index in [1.54, 1.807) is 6.26 Å². The average Bonchev–Trinajstić information content (AvgIpc) is 2.95. The lowest BCUT2D eigenvalue weighted by Gasteiger charge is -2.35. The summed E-state index contributed by atoms with van der Waals surface area (Å²) < 4.78 is 7.43. The predicted octanol–water partition coefficient (Wildman–Crippen LogP) is 1.47. The topological polar surface area (TPSA) is 54.5 Å². The van der Waals surface area contributed by atoms with Gasteiger partial charge in [-0.2, -0.15) is 0 Å². The highest BCUT2D eigenvalue weighted by Crippen LogP contribution is 2.48. The molecule has 0 radical (unpaired) electrons. The Morgan fingerprint density at radius 1 is 1.32 bits per heavy atom. The largest absolute Gasteiger partial charge is 0.469 e. The number of amides is 1. The maximum absolute atomic E-state index is 12.6. The normalized spacial score (nSPS) is 24.6. The number of piperazine rings is 1. The van der Waals surface area contributed by atoms with E-state index in [1.165, 1.54) is 0 Å². The highest BCUT2D eigenvalue weighted by atomic mass is 16.3. The number of aromatic nitrogens is 2. The minimum atomic E-state index is 0.117. The fraction of sp³-hybridized carbons (Fsp3) is 0.500. The smallest absolute Gasteiger partial charge is 0.226 e. The van der Waals surface area contributed by atoms with Crippen LogP contribution in [0.15, 0.2) is 35.2 Å². The van der Waals surface area contributed by atoms with E-state index in [4.69, 9.17) is 4.42 Å². The third kappa shape index (κ3) is 2.28. The van der Waals surface area contributed by atoms with Gasteiger partial charge in [-0.3, -0.25) is 4.79 Å². The third-order valence-electron chi connectivity index (χ3n) is 4.69. The Hall–Kier alpha value is -2.24. The van der Waals surface area contributed by atoms with E-state index in [0.717, 1.165) is 44.3 Å². The molecule has 1 saturated heterocycles. The first-order chi connectivity index (χ1) is 10.7. The molecule has 1 amide bonds. The molecular formula is C16H20N4O2. The summed E-state index contributed by atoms with van der Waals surface area (Å²) in [5, 5.41) is 0. The lowest BCUT2D eigenvalue weighted by molar-refractivity contribution is -0.133. The quantitative estimate of drug-likeness (QED) is 0.861. The van der Waals surface area contributed by atoms with E-state index in [1.807, 2.05) is 41.0 Å². The second kappa shape index (κ2) is 5.19. The number of hydrogen-bond donors (Lipinski definition) is 0. The second-order valence-corrected chi connectivity index (χ2v) is 6.11. The molecule has 4 rings (SSSR count). The van der Waals surface area contributed by atoms with Gasteiger partial charge in [0.05, 0.1) is 6.26 Å². The van der Waals surface area contributed by atoms with Crippen molar-refractivity contribution in [2.24, 2.45) is 13.0 Å². The number of rotatable bonds is 3. The van der Waals surface area contributed by atoms with Gasteiger partial charge in [-0.05, 0) is 18.6 Å². The molecule has 0 spiro atoms. The predicted molar refractivity (Wildman–Crippen MR) is 81.6 cm³/mol. The lowest BCUT2D eigenvalue weighted by Crippen LogP contribution is -2.50. The van der Waals surface area contributed by atoms with Crippen molar-refractivity contribution in [1.29, 1.82) is 0 Å². The van der Waals surface area contributed by atoms with Crippen LogP contribution in [-0.4, -0.2) is 46.5 Å². The molecule has 6 heteroatoms. The van der Waals surface area contributed by atoms with Crippen LogP contribution in [0.2, 0.25) is 0 Å². The average molecular weight is 300 g/mol. The number of nitrogens with zero attached hydrogens (tertiary/aromatic N) is 4. The number of hydrogen-bond acceptors (Lipinski definition) is 4. The van der Waals surface area contributed by atoms with Crippen LogP contribution in [0.5, 0.6) is 0 Å². The Morgan fingerprint density at radius 3 is 2.77 bits per heavy atom. The monoisotopic (exact) mass is 300 g/mol. The fourth-order valence-electron chi connectivity index (χ4n) is 3.31. The molecule has 2 atom stereocenters. The molecule has 2 aromatic rings. The number of imidazole rings is 1. The molecule has 116 valence electrons. The van der Waals surface area contributed by atoms with Crippen molar-refractivity contribution in [1.82, 2.24) is 14.5 Å². The number of anilines is 1. The van der Waals surface area contributed by atoms with Gasteiger partial charge in [-0.25, -0.2) is 4.98 Å². The number of furan rings is 1. The first kappa shape index (κ1) is 13.4. The first-order valence-corrected chi connectivity index (χ1v) is 7.78. The molecule has 6 nitrogen and oxygen atoms in total. The minimum Gasteiger partial charge on any atom is -0.469 e. The van der Waals surface area contributed by atoms with Gasteiger partial charge in [0.15, 0.2) is 0 Å². The van der Waals surface area contributed by atoms with Crippen molar-refractivity contribution in [3.8, 4) is 0 Å². The summed E-state index contributed by atoms with van der Waals surface area (Å²) in [4.78, 5) is 21.2. The van der Waals surface area contributed by atoms with Gasteiger partial charge in [-0.15, -0.1) is 0 Å². The van der Waals surface area contributed by atoms with Crippen molar-refractivity contribution in [2.75, 3.05) is 31.1 Å². The van der Waals surface area contributed by atoms with Gasteiger partial charge < -0.3 is 18.8 Å². The Kier molecular flexibility index (Phi) is 3.17. The van der Waals surface area contributed by atoms with Crippen LogP contribution in [0.25, 0.3) is 0 Å². The standard InChI is InChI=1S/C16H20N4O2/c1-18-5-4-17-16(18)20-8-6-19(7-9-20)15(21)13-11-12(13)14-3-2-10-22-14/h2-5,10,12-13H,6-9,11H2,1H3/t12-,13-/m0/s1. The number of aryl methyl sites for hydroxylation is 1. The summed E-state index contributed by atoms with van der Waals surface area (Å²) >= 11 is 0. The summed E-state index contributed by atoms with van der Waals surface area (Å²) in [6, 6.07) is 3.86.